The maximum Gasteiger partial charge on any atom is 0.338 e. The average molecular weight is 395 g/mol. The second-order valence-corrected chi connectivity index (χ2v) is 7.17. The lowest BCUT2D eigenvalue weighted by Gasteiger charge is -2.27. The summed E-state index contributed by atoms with van der Waals surface area (Å²) in [7, 11) is 0. The molecule has 0 aliphatic rings. The van der Waals surface area contributed by atoms with E-state index in [0.29, 0.717) is 17.5 Å². The van der Waals surface area contributed by atoms with Crippen molar-refractivity contribution in [3.63, 3.8) is 0 Å². The largest absolute Gasteiger partial charge is 0.459 e. The van der Waals surface area contributed by atoms with Gasteiger partial charge in [-0.2, -0.15) is 0 Å². The molecule has 4 heteroatoms. The van der Waals surface area contributed by atoms with Crippen molar-refractivity contribution in [2.45, 2.75) is 51.7 Å². The number of carbonyl (C=O) groups excluding carboxylic acids is 2. The molecule has 0 saturated heterocycles. The molecule has 2 aromatic rings. The molecular weight excluding hydrogens is 364 g/mol. The topological polar surface area (TPSA) is 52.6 Å². The van der Waals surface area contributed by atoms with Gasteiger partial charge >= 0.3 is 11.9 Å². The number of hydrogen-bond donors (Lipinski definition) is 0. The van der Waals surface area contributed by atoms with Crippen molar-refractivity contribution in [3.05, 3.63) is 84.4 Å². The molecule has 0 spiro atoms. The normalized spacial score (nSPS) is 13.7. The maximum absolute atomic E-state index is 12.6. The number of hydrogen-bond acceptors (Lipinski definition) is 4. The van der Waals surface area contributed by atoms with E-state index in [4.69, 9.17) is 9.47 Å². The Morgan fingerprint density at radius 1 is 0.931 bits per heavy atom. The maximum atomic E-state index is 12.6. The summed E-state index contributed by atoms with van der Waals surface area (Å²) in [4.78, 5) is 25.0. The minimum Gasteiger partial charge on any atom is -0.459 e. The molecule has 0 radical (unpaired) electrons. The van der Waals surface area contributed by atoms with Gasteiger partial charge in [0, 0.05) is 12.3 Å². The smallest absolute Gasteiger partial charge is 0.338 e. The Morgan fingerprint density at radius 2 is 1.45 bits per heavy atom. The lowest BCUT2D eigenvalue weighted by Crippen LogP contribution is -2.31. The SMILES string of the molecule is C=CC(CCCC)C(CC(C)OC(=O)c1ccccc1)OC(=O)c1ccccc1. The van der Waals surface area contributed by atoms with Gasteiger partial charge in [-0.1, -0.05) is 62.2 Å². The van der Waals surface area contributed by atoms with Gasteiger partial charge in [0.15, 0.2) is 0 Å². The molecule has 3 unspecified atom stereocenters. The van der Waals surface area contributed by atoms with Gasteiger partial charge in [-0.3, -0.25) is 0 Å². The van der Waals surface area contributed by atoms with Crippen LogP contribution in [-0.4, -0.2) is 24.1 Å². The molecule has 0 aromatic heterocycles. The van der Waals surface area contributed by atoms with E-state index in [1.165, 1.54) is 0 Å². The molecule has 0 fully saturated rings. The lowest BCUT2D eigenvalue weighted by atomic mass is 9.92. The molecule has 2 aromatic carbocycles. The highest BCUT2D eigenvalue weighted by Gasteiger charge is 2.27. The number of esters is 2. The van der Waals surface area contributed by atoms with E-state index in [2.05, 4.69) is 13.5 Å². The van der Waals surface area contributed by atoms with Crippen LogP contribution < -0.4 is 0 Å². The number of benzene rings is 2. The van der Waals surface area contributed by atoms with Crippen LogP contribution in [-0.2, 0) is 9.47 Å². The van der Waals surface area contributed by atoms with Gasteiger partial charge in [0.05, 0.1) is 11.1 Å². The Hall–Kier alpha value is -2.88. The van der Waals surface area contributed by atoms with E-state index in [9.17, 15) is 9.59 Å². The summed E-state index contributed by atoms with van der Waals surface area (Å²) in [6.07, 6.45) is 4.36. The molecular formula is C25H30O4. The first-order valence-corrected chi connectivity index (χ1v) is 10.2. The van der Waals surface area contributed by atoms with Gasteiger partial charge in [-0.05, 0) is 37.6 Å². The zero-order chi connectivity index (χ0) is 21.1. The molecule has 0 bridgehead atoms. The fraction of sp³-hybridized carbons (Fsp3) is 0.360. The van der Waals surface area contributed by atoms with Crippen LogP contribution in [0.2, 0.25) is 0 Å². The first-order chi connectivity index (χ1) is 14.0. The molecule has 0 aliphatic carbocycles. The third-order valence-corrected chi connectivity index (χ3v) is 4.82. The lowest BCUT2D eigenvalue weighted by molar-refractivity contribution is -0.00764. The monoisotopic (exact) mass is 394 g/mol. The fourth-order valence-electron chi connectivity index (χ4n) is 3.19. The average Bonchev–Trinajstić information content (AvgIpc) is 2.75. The van der Waals surface area contributed by atoms with Crippen LogP contribution in [0.15, 0.2) is 73.3 Å². The number of unbranched alkanes of at least 4 members (excludes halogenated alkanes) is 1. The summed E-state index contributed by atoms with van der Waals surface area (Å²) >= 11 is 0. The summed E-state index contributed by atoms with van der Waals surface area (Å²) in [6.45, 7) is 7.88. The summed E-state index contributed by atoms with van der Waals surface area (Å²) in [6, 6.07) is 17.8. The molecule has 154 valence electrons. The number of carbonyl (C=O) groups is 2. The predicted octanol–water partition coefficient (Wildman–Crippen LogP) is 5.84. The minimum absolute atomic E-state index is 0.000453. The molecule has 29 heavy (non-hydrogen) atoms. The van der Waals surface area contributed by atoms with Gasteiger partial charge < -0.3 is 9.47 Å². The van der Waals surface area contributed by atoms with E-state index in [1.54, 1.807) is 48.5 Å². The Labute approximate surface area is 173 Å². The highest BCUT2D eigenvalue weighted by Crippen LogP contribution is 2.24. The third kappa shape index (κ3) is 7.22. The van der Waals surface area contributed by atoms with E-state index in [0.717, 1.165) is 19.3 Å². The highest BCUT2D eigenvalue weighted by atomic mass is 16.6. The van der Waals surface area contributed by atoms with Crippen molar-refractivity contribution in [1.29, 1.82) is 0 Å². The Morgan fingerprint density at radius 3 is 1.93 bits per heavy atom. The number of ether oxygens (including phenoxy) is 2. The summed E-state index contributed by atoms with van der Waals surface area (Å²) < 4.78 is 11.4. The third-order valence-electron chi connectivity index (χ3n) is 4.82. The Kier molecular flexibility index (Phi) is 9.16. The van der Waals surface area contributed by atoms with Crippen molar-refractivity contribution in [2.24, 2.45) is 5.92 Å². The van der Waals surface area contributed by atoms with Crippen molar-refractivity contribution >= 4 is 11.9 Å². The Balaban J connectivity index is 2.08. The van der Waals surface area contributed by atoms with Gasteiger partial charge in [0.2, 0.25) is 0 Å². The first kappa shape index (κ1) is 22.4. The highest BCUT2D eigenvalue weighted by molar-refractivity contribution is 5.90. The van der Waals surface area contributed by atoms with Crippen molar-refractivity contribution in [3.8, 4) is 0 Å². The summed E-state index contributed by atoms with van der Waals surface area (Å²) in [5.41, 5.74) is 1.01. The first-order valence-electron chi connectivity index (χ1n) is 10.2. The number of rotatable bonds is 11. The van der Waals surface area contributed by atoms with E-state index in [1.807, 2.05) is 25.1 Å². The van der Waals surface area contributed by atoms with Gasteiger partial charge in [-0.25, -0.2) is 9.59 Å². The second kappa shape index (κ2) is 11.8. The van der Waals surface area contributed by atoms with E-state index < -0.39 is 12.2 Å². The zero-order valence-electron chi connectivity index (χ0n) is 17.3. The van der Waals surface area contributed by atoms with Crippen LogP contribution in [0.4, 0.5) is 0 Å². The van der Waals surface area contributed by atoms with Crippen LogP contribution in [0.5, 0.6) is 0 Å². The molecule has 2 rings (SSSR count). The minimum atomic E-state index is -0.412. The van der Waals surface area contributed by atoms with Crippen LogP contribution in [0, 0.1) is 5.92 Å². The van der Waals surface area contributed by atoms with Crippen LogP contribution >= 0.6 is 0 Å². The second-order valence-electron chi connectivity index (χ2n) is 7.17. The standard InChI is InChI=1S/C25H30O4/c1-4-6-13-20(5-2)23(29-25(27)22-16-11-8-12-17-22)18-19(3)28-24(26)21-14-9-7-10-15-21/h5,7-12,14-17,19-20,23H,2,4,6,13,18H2,1,3H3. The van der Waals surface area contributed by atoms with E-state index in [-0.39, 0.29) is 17.9 Å². The molecule has 0 saturated carbocycles. The fourth-order valence-corrected chi connectivity index (χ4v) is 3.19. The van der Waals surface area contributed by atoms with Crippen molar-refractivity contribution in [1.82, 2.24) is 0 Å². The molecule has 0 heterocycles. The molecule has 0 aliphatic heterocycles. The quantitative estimate of drug-likeness (QED) is 0.355. The zero-order valence-corrected chi connectivity index (χ0v) is 17.3. The summed E-state index contributed by atoms with van der Waals surface area (Å²) in [5, 5.41) is 0. The van der Waals surface area contributed by atoms with Gasteiger partial charge in [0.1, 0.15) is 12.2 Å². The van der Waals surface area contributed by atoms with Crippen LogP contribution in [0.25, 0.3) is 0 Å². The molecule has 0 amide bonds. The summed E-state index contributed by atoms with van der Waals surface area (Å²) in [5.74, 6) is -0.754. The van der Waals surface area contributed by atoms with Crippen molar-refractivity contribution in [2.75, 3.05) is 0 Å². The van der Waals surface area contributed by atoms with Crippen molar-refractivity contribution < 1.29 is 19.1 Å². The predicted molar refractivity (Wildman–Crippen MR) is 115 cm³/mol. The molecule has 4 nitrogen and oxygen atoms in total. The molecule has 3 atom stereocenters. The van der Waals surface area contributed by atoms with E-state index >= 15 is 0 Å². The van der Waals surface area contributed by atoms with Gasteiger partial charge in [0.25, 0.3) is 0 Å². The van der Waals surface area contributed by atoms with Crippen LogP contribution in [0.1, 0.15) is 60.2 Å². The van der Waals surface area contributed by atoms with Crippen LogP contribution in [0.3, 0.4) is 0 Å². The molecule has 0 N–H and O–H groups in total. The van der Waals surface area contributed by atoms with Gasteiger partial charge in [-0.15, -0.1) is 6.58 Å². The Bertz CT molecular complexity index is 770.